The third-order valence-corrected chi connectivity index (χ3v) is 7.20. The summed E-state index contributed by atoms with van der Waals surface area (Å²) in [6.07, 6.45) is 1.34. The summed E-state index contributed by atoms with van der Waals surface area (Å²) in [6, 6.07) is 4.35. The van der Waals surface area contributed by atoms with Crippen LogP contribution in [0.1, 0.15) is 40.5 Å². The Morgan fingerprint density at radius 1 is 1.36 bits per heavy atom. The van der Waals surface area contributed by atoms with Crippen molar-refractivity contribution >= 4 is 34.2 Å². The zero-order valence-corrected chi connectivity index (χ0v) is 17.2. The second-order valence-corrected chi connectivity index (χ2v) is 9.07. The maximum Gasteiger partial charge on any atom is 0.269 e. The van der Waals surface area contributed by atoms with Crippen LogP contribution in [0.2, 0.25) is 0 Å². The number of hydrogen-bond donors (Lipinski definition) is 1. The molecule has 2 fully saturated rings. The molecule has 2 saturated heterocycles. The Kier molecular flexibility index (Phi) is 6.00. The van der Waals surface area contributed by atoms with Crippen molar-refractivity contribution in [3.8, 4) is 0 Å². The van der Waals surface area contributed by atoms with Gasteiger partial charge in [-0.3, -0.25) is 9.59 Å². The van der Waals surface area contributed by atoms with Crippen LogP contribution in [0.15, 0.2) is 23.1 Å². The van der Waals surface area contributed by atoms with Gasteiger partial charge in [-0.2, -0.15) is 0 Å². The zero-order valence-electron chi connectivity index (χ0n) is 15.6. The molecule has 2 atom stereocenters. The van der Waals surface area contributed by atoms with Gasteiger partial charge in [0.15, 0.2) is 0 Å². The predicted octanol–water partition coefficient (Wildman–Crippen LogP) is 0.866. The zero-order chi connectivity index (χ0) is 19.2. The van der Waals surface area contributed by atoms with E-state index in [1.54, 1.807) is 11.0 Å². The molecule has 0 radical (unpaired) electrons. The van der Waals surface area contributed by atoms with E-state index in [0.29, 0.717) is 26.2 Å². The summed E-state index contributed by atoms with van der Waals surface area (Å²) in [7, 11) is -3.96. The highest BCUT2D eigenvalue weighted by molar-refractivity contribution is 7.90. The fraction of sp³-hybridized carbons (Fsp3) is 0.556. The molecular weight excluding hydrogens is 406 g/mol. The summed E-state index contributed by atoms with van der Waals surface area (Å²) in [5.74, 6) is -0.762. The first-order valence-corrected chi connectivity index (χ1v) is 10.7. The number of carbonyl (C=O) groups is 2. The Morgan fingerprint density at radius 2 is 2.14 bits per heavy atom. The Bertz CT molecular complexity index is 885. The average Bonchev–Trinajstić information content (AvgIpc) is 3.23. The van der Waals surface area contributed by atoms with Gasteiger partial charge < -0.3 is 15.0 Å². The van der Waals surface area contributed by atoms with Crippen LogP contribution < -0.4 is 5.32 Å². The average molecular weight is 430 g/mol. The minimum atomic E-state index is -3.96. The third kappa shape index (κ3) is 3.52. The summed E-state index contributed by atoms with van der Waals surface area (Å²) in [6.45, 7) is 4.51. The van der Waals surface area contributed by atoms with E-state index in [-0.39, 0.29) is 53.0 Å². The van der Waals surface area contributed by atoms with Gasteiger partial charge in [0.25, 0.3) is 21.8 Å². The summed E-state index contributed by atoms with van der Waals surface area (Å²) < 4.78 is 32.2. The van der Waals surface area contributed by atoms with Gasteiger partial charge >= 0.3 is 0 Å². The molecule has 1 aromatic rings. The highest BCUT2D eigenvalue weighted by Gasteiger charge is 2.43. The van der Waals surface area contributed by atoms with Crippen molar-refractivity contribution in [2.24, 2.45) is 0 Å². The molecule has 1 N–H and O–H groups in total. The van der Waals surface area contributed by atoms with Gasteiger partial charge in [0.2, 0.25) is 0 Å². The lowest BCUT2D eigenvalue weighted by Crippen LogP contribution is -2.52. The number of benzene rings is 1. The molecule has 10 heteroatoms. The Hall–Kier alpha value is -1.68. The molecule has 3 aliphatic rings. The van der Waals surface area contributed by atoms with Gasteiger partial charge in [0, 0.05) is 37.8 Å². The molecule has 1 aromatic carbocycles. The first-order chi connectivity index (χ1) is 12.9. The molecule has 0 bridgehead atoms. The number of ether oxygens (including phenoxy) is 1. The van der Waals surface area contributed by atoms with E-state index in [9.17, 15) is 18.0 Å². The first-order valence-electron chi connectivity index (χ1n) is 9.24. The molecule has 154 valence electrons. The lowest BCUT2D eigenvalue weighted by Gasteiger charge is -2.34. The molecule has 0 saturated carbocycles. The predicted molar refractivity (Wildman–Crippen MR) is 104 cm³/mol. The molecule has 8 nitrogen and oxygen atoms in total. The summed E-state index contributed by atoms with van der Waals surface area (Å²) in [5, 5.41) is 3.22. The number of nitrogens with one attached hydrogen (secondary N) is 1. The molecule has 0 aromatic heterocycles. The van der Waals surface area contributed by atoms with Crippen LogP contribution in [0.4, 0.5) is 0 Å². The van der Waals surface area contributed by atoms with E-state index >= 15 is 0 Å². The summed E-state index contributed by atoms with van der Waals surface area (Å²) >= 11 is 0. The third-order valence-electron chi connectivity index (χ3n) is 5.41. The van der Waals surface area contributed by atoms with Crippen molar-refractivity contribution in [2.75, 3.05) is 32.8 Å². The van der Waals surface area contributed by atoms with E-state index < -0.39 is 15.9 Å². The van der Waals surface area contributed by atoms with Gasteiger partial charge in [0.1, 0.15) is 4.90 Å². The smallest absolute Gasteiger partial charge is 0.269 e. The van der Waals surface area contributed by atoms with Gasteiger partial charge in [0.05, 0.1) is 18.2 Å². The number of sulfonamides is 1. The monoisotopic (exact) mass is 429 g/mol. The molecule has 2 unspecified atom stereocenters. The molecular formula is C18H24ClN3O5S. The minimum absolute atomic E-state index is 0. The van der Waals surface area contributed by atoms with Gasteiger partial charge in [-0.25, -0.2) is 12.7 Å². The number of hydrogen-bond acceptors (Lipinski definition) is 6. The molecule has 4 rings (SSSR count). The van der Waals surface area contributed by atoms with E-state index in [1.165, 1.54) is 12.1 Å². The van der Waals surface area contributed by atoms with Crippen LogP contribution in [-0.2, 0) is 14.8 Å². The number of piperazine rings is 1. The van der Waals surface area contributed by atoms with Crippen LogP contribution in [-0.4, -0.2) is 74.4 Å². The SMILES string of the molecule is CC1CNCCN1C(=O)c1ccc2c(c1)S(=O)(=O)N(CC1CCCO1)C2=O.Cl. The van der Waals surface area contributed by atoms with Crippen LogP contribution in [0.5, 0.6) is 0 Å². The summed E-state index contributed by atoms with van der Waals surface area (Å²) in [5.41, 5.74) is 0.413. The molecule has 2 amide bonds. The maximum atomic E-state index is 12.9. The van der Waals surface area contributed by atoms with Gasteiger partial charge in [-0.15, -0.1) is 12.4 Å². The number of carbonyl (C=O) groups excluding carboxylic acids is 2. The standard InChI is InChI=1S/C18H23N3O5S.ClH/c1-12-10-19-6-7-20(12)17(22)13-4-5-15-16(9-13)27(24,25)21(18(15)23)11-14-3-2-8-26-14;/h4-5,9,12,14,19H,2-3,6-8,10-11H2,1H3;1H. The van der Waals surface area contributed by atoms with Crippen LogP contribution in [0, 0.1) is 0 Å². The van der Waals surface area contributed by atoms with Crippen molar-refractivity contribution in [1.29, 1.82) is 0 Å². The largest absolute Gasteiger partial charge is 0.376 e. The highest BCUT2D eigenvalue weighted by Crippen LogP contribution is 2.32. The lowest BCUT2D eigenvalue weighted by molar-refractivity contribution is 0.0654. The van der Waals surface area contributed by atoms with E-state index in [4.69, 9.17) is 4.74 Å². The molecule has 28 heavy (non-hydrogen) atoms. The Balaban J connectivity index is 0.00000225. The second-order valence-electron chi connectivity index (χ2n) is 7.24. The fourth-order valence-corrected chi connectivity index (χ4v) is 5.50. The van der Waals surface area contributed by atoms with Crippen molar-refractivity contribution < 1.29 is 22.7 Å². The van der Waals surface area contributed by atoms with Crippen molar-refractivity contribution in [3.63, 3.8) is 0 Å². The fourth-order valence-electron chi connectivity index (χ4n) is 3.87. The highest BCUT2D eigenvalue weighted by atomic mass is 35.5. The topological polar surface area (TPSA) is 96.0 Å². The van der Waals surface area contributed by atoms with E-state index in [1.807, 2.05) is 6.92 Å². The number of fused-ring (bicyclic) bond motifs is 1. The van der Waals surface area contributed by atoms with Crippen LogP contribution in [0.25, 0.3) is 0 Å². The Morgan fingerprint density at radius 3 is 2.82 bits per heavy atom. The second kappa shape index (κ2) is 7.98. The molecule has 3 aliphatic heterocycles. The van der Waals surface area contributed by atoms with E-state index in [0.717, 1.165) is 17.1 Å². The number of rotatable bonds is 3. The summed E-state index contributed by atoms with van der Waals surface area (Å²) in [4.78, 5) is 27.1. The van der Waals surface area contributed by atoms with Crippen molar-refractivity contribution in [1.82, 2.24) is 14.5 Å². The molecule has 0 aliphatic carbocycles. The van der Waals surface area contributed by atoms with Gasteiger partial charge in [-0.05, 0) is 38.0 Å². The van der Waals surface area contributed by atoms with Gasteiger partial charge in [-0.1, -0.05) is 0 Å². The Labute approximate surface area is 170 Å². The van der Waals surface area contributed by atoms with Crippen LogP contribution >= 0.6 is 12.4 Å². The van der Waals surface area contributed by atoms with Crippen molar-refractivity contribution in [3.05, 3.63) is 29.3 Å². The van der Waals surface area contributed by atoms with Crippen molar-refractivity contribution in [2.45, 2.75) is 36.8 Å². The molecule has 3 heterocycles. The van der Waals surface area contributed by atoms with Crippen LogP contribution in [0.3, 0.4) is 0 Å². The number of amides is 2. The quantitative estimate of drug-likeness (QED) is 0.765. The maximum absolute atomic E-state index is 12.9. The number of halogens is 1. The molecule has 0 spiro atoms. The van der Waals surface area contributed by atoms with E-state index in [2.05, 4.69) is 5.32 Å². The normalized spacial score (nSPS) is 26.1. The number of nitrogens with zero attached hydrogens (tertiary/aromatic N) is 2. The first kappa shape index (κ1) is 21.0. The lowest BCUT2D eigenvalue weighted by atomic mass is 10.1. The minimum Gasteiger partial charge on any atom is -0.376 e.